The highest BCUT2D eigenvalue weighted by Gasteiger charge is 2.16. The molecule has 0 unspecified atom stereocenters. The molecule has 134 valence electrons. The summed E-state index contributed by atoms with van der Waals surface area (Å²) in [7, 11) is 1.44. The Bertz CT molecular complexity index is 935. The first-order chi connectivity index (χ1) is 12.5. The van der Waals surface area contributed by atoms with E-state index >= 15 is 0 Å². The van der Waals surface area contributed by atoms with Gasteiger partial charge in [-0.15, -0.1) is 10.2 Å². The minimum atomic E-state index is -0.492. The van der Waals surface area contributed by atoms with Crippen molar-refractivity contribution in [3.8, 4) is 17.2 Å². The summed E-state index contributed by atoms with van der Waals surface area (Å²) in [6.07, 6.45) is 0. The third kappa shape index (κ3) is 4.11. The van der Waals surface area contributed by atoms with Crippen molar-refractivity contribution in [1.82, 2.24) is 10.2 Å². The Morgan fingerprint density at radius 3 is 2.58 bits per heavy atom. The average molecular weight is 372 g/mol. The monoisotopic (exact) mass is 372 g/mol. The molecule has 1 heterocycles. The van der Waals surface area contributed by atoms with Gasteiger partial charge >= 0.3 is 0 Å². The summed E-state index contributed by atoms with van der Waals surface area (Å²) in [6, 6.07) is 9.81. The second kappa shape index (κ2) is 7.70. The number of Topliss-reactive ketones (excluding diaryl/α,β-unsaturated/α-hetero) is 1. The Balaban J connectivity index is 1.72. The molecule has 0 fully saturated rings. The summed E-state index contributed by atoms with van der Waals surface area (Å²) in [5, 5.41) is 8.28. The van der Waals surface area contributed by atoms with E-state index in [1.807, 2.05) is 26.0 Å². The maximum atomic E-state index is 13.4. The molecule has 0 aliphatic rings. The Labute approximate surface area is 154 Å². The fourth-order valence-corrected chi connectivity index (χ4v) is 3.23. The molecule has 2 aromatic carbocycles. The van der Waals surface area contributed by atoms with Crippen molar-refractivity contribution in [2.45, 2.75) is 19.1 Å². The van der Waals surface area contributed by atoms with Crippen LogP contribution in [0.3, 0.4) is 0 Å². The number of benzene rings is 2. The molecule has 0 saturated heterocycles. The van der Waals surface area contributed by atoms with E-state index in [4.69, 9.17) is 9.15 Å². The number of thioether (sulfide) groups is 1. The Morgan fingerprint density at radius 1 is 1.15 bits per heavy atom. The molecule has 3 aromatic rings. The number of nitrogens with zero attached hydrogens (tertiary/aromatic N) is 2. The van der Waals surface area contributed by atoms with E-state index in [0.29, 0.717) is 11.6 Å². The van der Waals surface area contributed by atoms with Gasteiger partial charge in [0.25, 0.3) is 5.22 Å². The molecule has 26 heavy (non-hydrogen) atoms. The summed E-state index contributed by atoms with van der Waals surface area (Å²) < 4.78 is 24.1. The van der Waals surface area contributed by atoms with Crippen molar-refractivity contribution in [3.63, 3.8) is 0 Å². The number of halogens is 1. The molecule has 0 amide bonds. The molecule has 7 heteroatoms. The lowest BCUT2D eigenvalue weighted by molar-refractivity contribution is 0.101. The van der Waals surface area contributed by atoms with Crippen LogP contribution in [-0.2, 0) is 0 Å². The van der Waals surface area contributed by atoms with E-state index in [1.54, 1.807) is 0 Å². The molecule has 0 aliphatic heterocycles. The number of hydrogen-bond acceptors (Lipinski definition) is 6. The maximum absolute atomic E-state index is 13.4. The zero-order chi connectivity index (χ0) is 18.7. The van der Waals surface area contributed by atoms with E-state index in [0.717, 1.165) is 34.5 Å². The SMILES string of the molecule is COc1ccc(F)cc1C(=O)CSc1nnc(-c2cc(C)cc(C)c2)o1. The van der Waals surface area contributed by atoms with Gasteiger partial charge in [0.15, 0.2) is 5.78 Å². The largest absolute Gasteiger partial charge is 0.496 e. The predicted octanol–water partition coefficient (Wildman–Crippen LogP) is 4.48. The van der Waals surface area contributed by atoms with Crippen LogP contribution in [0.25, 0.3) is 11.5 Å². The molecule has 1 aromatic heterocycles. The van der Waals surface area contributed by atoms with E-state index < -0.39 is 5.82 Å². The molecular weight excluding hydrogens is 355 g/mol. The smallest absolute Gasteiger partial charge is 0.277 e. The predicted molar refractivity (Wildman–Crippen MR) is 97.2 cm³/mol. The first kappa shape index (κ1) is 18.1. The minimum Gasteiger partial charge on any atom is -0.496 e. The summed E-state index contributed by atoms with van der Waals surface area (Å²) in [6.45, 7) is 3.99. The molecule has 5 nitrogen and oxygen atoms in total. The molecule has 0 N–H and O–H groups in total. The Hall–Kier alpha value is -2.67. The fourth-order valence-electron chi connectivity index (χ4n) is 2.59. The van der Waals surface area contributed by atoms with Crippen molar-refractivity contribution < 1.29 is 18.3 Å². The van der Waals surface area contributed by atoms with Crippen LogP contribution in [0.1, 0.15) is 21.5 Å². The van der Waals surface area contributed by atoms with E-state index in [2.05, 4.69) is 16.3 Å². The maximum Gasteiger partial charge on any atom is 0.277 e. The van der Waals surface area contributed by atoms with Gasteiger partial charge in [-0.3, -0.25) is 4.79 Å². The van der Waals surface area contributed by atoms with Gasteiger partial charge in [0, 0.05) is 5.56 Å². The van der Waals surface area contributed by atoms with Gasteiger partial charge < -0.3 is 9.15 Å². The Morgan fingerprint density at radius 2 is 1.88 bits per heavy atom. The number of carbonyl (C=O) groups is 1. The van der Waals surface area contributed by atoms with Gasteiger partial charge in [-0.25, -0.2) is 4.39 Å². The molecule has 0 spiro atoms. The first-order valence-corrected chi connectivity index (χ1v) is 8.86. The lowest BCUT2D eigenvalue weighted by Gasteiger charge is -2.06. The topological polar surface area (TPSA) is 65.2 Å². The van der Waals surface area contributed by atoms with Gasteiger partial charge in [-0.1, -0.05) is 29.0 Å². The van der Waals surface area contributed by atoms with Crippen molar-refractivity contribution in [2.75, 3.05) is 12.9 Å². The second-order valence-electron chi connectivity index (χ2n) is 5.81. The van der Waals surface area contributed by atoms with Crippen LogP contribution in [0.2, 0.25) is 0 Å². The van der Waals surface area contributed by atoms with Crippen molar-refractivity contribution in [2.24, 2.45) is 0 Å². The Kier molecular flexibility index (Phi) is 5.37. The van der Waals surface area contributed by atoms with Crippen LogP contribution in [0.15, 0.2) is 46.0 Å². The average Bonchev–Trinajstić information content (AvgIpc) is 3.08. The number of ketones is 1. The molecular formula is C19H17FN2O3S. The number of rotatable bonds is 6. The zero-order valence-electron chi connectivity index (χ0n) is 14.6. The summed E-state index contributed by atoms with van der Waals surface area (Å²) in [4.78, 5) is 12.4. The summed E-state index contributed by atoms with van der Waals surface area (Å²) >= 11 is 1.10. The van der Waals surface area contributed by atoms with E-state index in [-0.39, 0.29) is 22.3 Å². The molecule has 0 aliphatic carbocycles. The number of carbonyl (C=O) groups excluding carboxylic acids is 1. The summed E-state index contributed by atoms with van der Waals surface area (Å²) in [5.74, 6) is -0.00559. The second-order valence-corrected chi connectivity index (χ2v) is 6.73. The third-order valence-electron chi connectivity index (χ3n) is 3.66. The van der Waals surface area contributed by atoms with Crippen molar-refractivity contribution in [3.05, 3.63) is 58.9 Å². The third-order valence-corrected chi connectivity index (χ3v) is 4.48. The highest BCUT2D eigenvalue weighted by atomic mass is 32.2. The van der Waals surface area contributed by atoms with Crippen LogP contribution in [-0.4, -0.2) is 28.8 Å². The number of ether oxygens (including phenoxy) is 1. The minimum absolute atomic E-state index is 0.0360. The number of hydrogen-bond donors (Lipinski definition) is 0. The standard InChI is InChI=1S/C19H17FN2O3S/c1-11-6-12(2)8-13(7-11)18-21-22-19(25-18)26-10-16(23)15-9-14(20)4-5-17(15)24-3/h4-9H,10H2,1-3H3. The van der Waals surface area contributed by atoms with Gasteiger partial charge in [0.1, 0.15) is 11.6 Å². The zero-order valence-corrected chi connectivity index (χ0v) is 15.4. The van der Waals surface area contributed by atoms with E-state index in [1.165, 1.54) is 19.2 Å². The molecule has 0 atom stereocenters. The van der Waals surface area contributed by atoms with Gasteiger partial charge in [0.05, 0.1) is 18.4 Å². The van der Waals surface area contributed by atoms with Crippen molar-refractivity contribution in [1.29, 1.82) is 0 Å². The normalized spacial score (nSPS) is 10.8. The quantitative estimate of drug-likeness (QED) is 0.470. The van der Waals surface area contributed by atoms with Crippen LogP contribution in [0.5, 0.6) is 5.75 Å². The molecule has 0 radical (unpaired) electrons. The highest BCUT2D eigenvalue weighted by molar-refractivity contribution is 7.99. The lowest BCUT2D eigenvalue weighted by atomic mass is 10.1. The van der Waals surface area contributed by atoms with Crippen molar-refractivity contribution >= 4 is 17.5 Å². The molecule has 0 saturated carbocycles. The van der Waals surface area contributed by atoms with Crippen LogP contribution in [0, 0.1) is 19.7 Å². The number of aryl methyl sites for hydroxylation is 2. The van der Waals surface area contributed by atoms with Crippen LogP contribution in [0.4, 0.5) is 4.39 Å². The van der Waals surface area contributed by atoms with Gasteiger partial charge in [-0.05, 0) is 44.2 Å². The molecule has 3 rings (SSSR count). The fraction of sp³-hybridized carbons (Fsp3) is 0.211. The summed E-state index contributed by atoms with van der Waals surface area (Å²) in [5.41, 5.74) is 3.22. The van der Waals surface area contributed by atoms with Crippen LogP contribution >= 0.6 is 11.8 Å². The van der Waals surface area contributed by atoms with Gasteiger partial charge in [0.2, 0.25) is 5.89 Å². The lowest BCUT2D eigenvalue weighted by Crippen LogP contribution is -2.05. The first-order valence-electron chi connectivity index (χ1n) is 7.88. The number of methoxy groups -OCH3 is 1. The van der Waals surface area contributed by atoms with Crippen LogP contribution < -0.4 is 4.74 Å². The molecule has 0 bridgehead atoms. The van der Waals surface area contributed by atoms with E-state index in [9.17, 15) is 9.18 Å². The number of aromatic nitrogens is 2. The van der Waals surface area contributed by atoms with Gasteiger partial charge in [-0.2, -0.15) is 0 Å². The highest BCUT2D eigenvalue weighted by Crippen LogP contribution is 2.27.